The second-order valence-electron chi connectivity index (χ2n) is 5.11. The topological polar surface area (TPSA) is 46.8 Å². The molecule has 114 valence electrons. The van der Waals surface area contributed by atoms with Gasteiger partial charge in [0.2, 0.25) is 0 Å². The summed E-state index contributed by atoms with van der Waals surface area (Å²) in [4.78, 5) is 2.20. The Kier molecular flexibility index (Phi) is 5.80. The molecule has 21 heavy (non-hydrogen) atoms. The van der Waals surface area contributed by atoms with Crippen molar-refractivity contribution in [1.29, 1.82) is 0 Å². The molecular formula is C15H22FN5. The van der Waals surface area contributed by atoms with E-state index in [1.165, 1.54) is 6.07 Å². The first-order chi connectivity index (χ1) is 10.2. The van der Waals surface area contributed by atoms with Gasteiger partial charge in [-0.25, -0.2) is 9.07 Å². The number of unbranched alkanes of at least 4 members (excludes halogenated alkanes) is 1. The molecule has 0 aliphatic heterocycles. The lowest BCUT2D eigenvalue weighted by molar-refractivity contribution is 0.257. The van der Waals surface area contributed by atoms with Gasteiger partial charge in [0.15, 0.2) is 5.82 Å². The fourth-order valence-electron chi connectivity index (χ4n) is 2.19. The first-order valence-electron chi connectivity index (χ1n) is 7.44. The summed E-state index contributed by atoms with van der Waals surface area (Å²) in [5.41, 5.74) is 0.962. The van der Waals surface area contributed by atoms with Crippen molar-refractivity contribution in [3.05, 3.63) is 41.5 Å². The Morgan fingerprint density at radius 2 is 2.10 bits per heavy atom. The minimum Gasteiger partial charge on any atom is -0.292 e. The molecule has 0 unspecified atom stereocenters. The number of hydrogen-bond donors (Lipinski definition) is 0. The van der Waals surface area contributed by atoms with E-state index in [0.717, 1.165) is 37.3 Å². The Morgan fingerprint density at radius 1 is 1.24 bits per heavy atom. The Bertz CT molecular complexity index is 555. The highest BCUT2D eigenvalue weighted by Gasteiger charge is 2.11. The summed E-state index contributed by atoms with van der Waals surface area (Å²) in [5, 5.41) is 11.9. The van der Waals surface area contributed by atoms with Gasteiger partial charge in [-0.3, -0.25) is 4.90 Å². The minimum absolute atomic E-state index is 0.198. The van der Waals surface area contributed by atoms with E-state index in [2.05, 4.69) is 34.3 Å². The standard InChI is InChI=1S/C15H22FN5/c1-3-5-9-21-15(17-18-19-21)12-20(4-2)11-13-7-6-8-14(16)10-13/h6-8,10H,3-5,9,11-12H2,1-2H3. The minimum atomic E-state index is -0.198. The maximum absolute atomic E-state index is 13.2. The van der Waals surface area contributed by atoms with Gasteiger partial charge in [0.1, 0.15) is 5.82 Å². The van der Waals surface area contributed by atoms with Crippen LogP contribution in [0.15, 0.2) is 24.3 Å². The molecular weight excluding hydrogens is 269 g/mol. The van der Waals surface area contributed by atoms with Crippen molar-refractivity contribution in [1.82, 2.24) is 25.1 Å². The van der Waals surface area contributed by atoms with Crippen molar-refractivity contribution < 1.29 is 4.39 Å². The lowest BCUT2D eigenvalue weighted by atomic mass is 10.2. The summed E-state index contributed by atoms with van der Waals surface area (Å²) in [6, 6.07) is 6.71. The van der Waals surface area contributed by atoms with Crippen LogP contribution in [-0.2, 0) is 19.6 Å². The molecule has 0 atom stereocenters. The molecule has 0 spiro atoms. The van der Waals surface area contributed by atoms with E-state index in [1.54, 1.807) is 12.1 Å². The second kappa shape index (κ2) is 7.83. The predicted octanol–water partition coefficient (Wildman–Crippen LogP) is 2.63. The van der Waals surface area contributed by atoms with Crippen molar-refractivity contribution in [3.63, 3.8) is 0 Å². The van der Waals surface area contributed by atoms with Gasteiger partial charge in [-0.15, -0.1) is 5.10 Å². The molecule has 0 saturated heterocycles. The number of hydrogen-bond acceptors (Lipinski definition) is 4. The van der Waals surface area contributed by atoms with Crippen LogP contribution in [-0.4, -0.2) is 31.7 Å². The van der Waals surface area contributed by atoms with E-state index in [4.69, 9.17) is 0 Å². The Balaban J connectivity index is 2.00. The number of aromatic nitrogens is 4. The van der Waals surface area contributed by atoms with Gasteiger partial charge in [0.05, 0.1) is 6.54 Å². The van der Waals surface area contributed by atoms with Gasteiger partial charge in [-0.1, -0.05) is 32.4 Å². The van der Waals surface area contributed by atoms with Crippen LogP contribution in [0.2, 0.25) is 0 Å². The highest BCUT2D eigenvalue weighted by Crippen LogP contribution is 2.10. The van der Waals surface area contributed by atoms with Crippen molar-refractivity contribution in [2.45, 2.75) is 46.3 Å². The summed E-state index contributed by atoms with van der Waals surface area (Å²) in [6.45, 7) is 7.29. The molecule has 0 radical (unpaired) electrons. The van der Waals surface area contributed by atoms with Crippen LogP contribution >= 0.6 is 0 Å². The zero-order valence-corrected chi connectivity index (χ0v) is 12.7. The summed E-state index contributed by atoms with van der Waals surface area (Å²) in [6.07, 6.45) is 2.17. The van der Waals surface area contributed by atoms with Crippen LogP contribution in [0, 0.1) is 5.82 Å². The lowest BCUT2D eigenvalue weighted by Crippen LogP contribution is -2.24. The van der Waals surface area contributed by atoms with Gasteiger partial charge in [0.25, 0.3) is 0 Å². The molecule has 1 aromatic heterocycles. The molecule has 0 aliphatic rings. The Labute approximate surface area is 124 Å². The molecule has 2 aromatic rings. The molecule has 5 nitrogen and oxygen atoms in total. The van der Waals surface area contributed by atoms with Crippen LogP contribution in [0.4, 0.5) is 4.39 Å². The molecule has 2 rings (SSSR count). The normalized spacial score (nSPS) is 11.2. The number of nitrogens with zero attached hydrogens (tertiary/aromatic N) is 5. The summed E-state index contributed by atoms with van der Waals surface area (Å²) >= 11 is 0. The largest absolute Gasteiger partial charge is 0.292 e. The Hall–Kier alpha value is -1.82. The monoisotopic (exact) mass is 291 g/mol. The first-order valence-corrected chi connectivity index (χ1v) is 7.44. The van der Waals surface area contributed by atoms with Crippen molar-refractivity contribution in [2.75, 3.05) is 6.54 Å². The number of aryl methyl sites for hydroxylation is 1. The highest BCUT2D eigenvalue weighted by molar-refractivity contribution is 5.16. The van der Waals surface area contributed by atoms with Crippen LogP contribution in [0.1, 0.15) is 38.1 Å². The average molecular weight is 291 g/mol. The van der Waals surface area contributed by atoms with E-state index >= 15 is 0 Å². The smallest absolute Gasteiger partial charge is 0.165 e. The second-order valence-corrected chi connectivity index (χ2v) is 5.11. The highest BCUT2D eigenvalue weighted by atomic mass is 19.1. The van der Waals surface area contributed by atoms with Gasteiger partial charge in [-0.2, -0.15) is 0 Å². The zero-order chi connectivity index (χ0) is 15.1. The zero-order valence-electron chi connectivity index (χ0n) is 12.7. The van der Waals surface area contributed by atoms with Crippen LogP contribution in [0.25, 0.3) is 0 Å². The van der Waals surface area contributed by atoms with Crippen LogP contribution in [0.3, 0.4) is 0 Å². The van der Waals surface area contributed by atoms with E-state index < -0.39 is 0 Å². The van der Waals surface area contributed by atoms with E-state index in [9.17, 15) is 4.39 Å². The van der Waals surface area contributed by atoms with E-state index in [-0.39, 0.29) is 5.82 Å². The number of rotatable bonds is 8. The third-order valence-corrected chi connectivity index (χ3v) is 3.44. The fraction of sp³-hybridized carbons (Fsp3) is 0.533. The summed E-state index contributed by atoms with van der Waals surface area (Å²) < 4.78 is 15.1. The lowest BCUT2D eigenvalue weighted by Gasteiger charge is -2.19. The van der Waals surface area contributed by atoms with Crippen molar-refractivity contribution in [3.8, 4) is 0 Å². The van der Waals surface area contributed by atoms with Gasteiger partial charge >= 0.3 is 0 Å². The molecule has 0 bridgehead atoms. The molecule has 0 aliphatic carbocycles. The molecule has 1 heterocycles. The molecule has 0 N–H and O–H groups in total. The Morgan fingerprint density at radius 3 is 2.81 bits per heavy atom. The maximum Gasteiger partial charge on any atom is 0.165 e. The molecule has 0 amide bonds. The fourth-order valence-corrected chi connectivity index (χ4v) is 2.19. The van der Waals surface area contributed by atoms with Crippen molar-refractivity contribution >= 4 is 0 Å². The first kappa shape index (κ1) is 15.6. The summed E-state index contributed by atoms with van der Waals surface area (Å²) in [7, 11) is 0. The quantitative estimate of drug-likeness (QED) is 0.750. The predicted molar refractivity (Wildman–Crippen MR) is 78.9 cm³/mol. The third kappa shape index (κ3) is 4.60. The molecule has 0 saturated carbocycles. The van der Waals surface area contributed by atoms with Gasteiger partial charge < -0.3 is 0 Å². The van der Waals surface area contributed by atoms with Crippen LogP contribution in [0.5, 0.6) is 0 Å². The average Bonchev–Trinajstić information content (AvgIpc) is 2.91. The van der Waals surface area contributed by atoms with E-state index in [0.29, 0.717) is 13.1 Å². The number of tetrazole rings is 1. The molecule has 6 heteroatoms. The summed E-state index contributed by atoms with van der Waals surface area (Å²) in [5.74, 6) is 0.665. The van der Waals surface area contributed by atoms with Crippen LogP contribution < -0.4 is 0 Å². The van der Waals surface area contributed by atoms with Gasteiger partial charge in [0, 0.05) is 13.1 Å². The molecule has 1 aromatic carbocycles. The number of halogens is 1. The van der Waals surface area contributed by atoms with Crippen molar-refractivity contribution in [2.24, 2.45) is 0 Å². The van der Waals surface area contributed by atoms with E-state index in [1.807, 2.05) is 10.7 Å². The number of benzene rings is 1. The SMILES string of the molecule is CCCCn1nnnc1CN(CC)Cc1cccc(F)c1. The third-order valence-electron chi connectivity index (χ3n) is 3.44. The maximum atomic E-state index is 13.2. The molecule has 0 fully saturated rings. The van der Waals surface area contributed by atoms with Gasteiger partial charge in [-0.05, 0) is 41.1 Å².